The van der Waals surface area contributed by atoms with Crippen LogP contribution < -0.4 is 5.32 Å². The van der Waals surface area contributed by atoms with E-state index in [-0.39, 0.29) is 11.8 Å². The first-order valence-electron chi connectivity index (χ1n) is 8.11. The molecule has 1 N–H and O–H groups in total. The average molecular weight is 317 g/mol. The van der Waals surface area contributed by atoms with E-state index in [2.05, 4.69) is 10.2 Å². The monoisotopic (exact) mass is 317 g/mol. The first-order valence-corrected chi connectivity index (χ1v) is 8.11. The Hall–Kier alpha value is -1.88. The molecule has 1 atom stereocenters. The Morgan fingerprint density at radius 3 is 2.48 bits per heavy atom. The lowest BCUT2D eigenvalue weighted by molar-refractivity contribution is -0.132. The van der Waals surface area contributed by atoms with Gasteiger partial charge in [-0.3, -0.25) is 9.59 Å². The molecule has 0 aromatic heterocycles. The van der Waals surface area contributed by atoms with Crippen LogP contribution in [0.2, 0.25) is 0 Å². The van der Waals surface area contributed by atoms with Crippen molar-refractivity contribution in [3.63, 3.8) is 0 Å². The molecule has 0 bridgehead atoms. The third kappa shape index (κ3) is 4.10. The maximum atomic E-state index is 12.7. The quantitative estimate of drug-likeness (QED) is 0.920. The minimum Gasteiger partial charge on any atom is -0.359 e. The molecule has 1 aliphatic rings. The van der Waals surface area contributed by atoms with E-state index in [4.69, 9.17) is 0 Å². The van der Waals surface area contributed by atoms with Crippen LogP contribution >= 0.6 is 0 Å². The SMILES string of the molecule is CNC(=O)[C@]1(C)CCCN(C(=O)c2ccc(CN(C)C)cc2)C1. The van der Waals surface area contributed by atoms with Gasteiger partial charge in [0.05, 0.1) is 5.41 Å². The van der Waals surface area contributed by atoms with Gasteiger partial charge in [-0.1, -0.05) is 12.1 Å². The van der Waals surface area contributed by atoms with Gasteiger partial charge < -0.3 is 15.1 Å². The molecular formula is C18H27N3O2. The van der Waals surface area contributed by atoms with Gasteiger partial charge in [0, 0.05) is 32.2 Å². The normalized spacial score (nSPS) is 21.3. The van der Waals surface area contributed by atoms with Gasteiger partial charge in [-0.2, -0.15) is 0 Å². The highest BCUT2D eigenvalue weighted by Gasteiger charge is 2.38. The highest BCUT2D eigenvalue weighted by molar-refractivity contribution is 5.95. The number of carbonyl (C=O) groups excluding carboxylic acids is 2. The van der Waals surface area contributed by atoms with Crippen molar-refractivity contribution in [3.8, 4) is 0 Å². The summed E-state index contributed by atoms with van der Waals surface area (Å²) in [6, 6.07) is 7.75. The number of benzene rings is 1. The highest BCUT2D eigenvalue weighted by Crippen LogP contribution is 2.30. The first kappa shape index (κ1) is 17.5. The molecule has 1 fully saturated rings. The molecule has 5 heteroatoms. The van der Waals surface area contributed by atoms with Crippen LogP contribution in [-0.4, -0.2) is 55.8 Å². The molecule has 23 heavy (non-hydrogen) atoms. The smallest absolute Gasteiger partial charge is 0.253 e. The molecule has 1 aliphatic heterocycles. The second kappa shape index (κ2) is 7.13. The van der Waals surface area contributed by atoms with E-state index in [0.29, 0.717) is 18.7 Å². The molecule has 0 radical (unpaired) electrons. The van der Waals surface area contributed by atoms with E-state index in [9.17, 15) is 9.59 Å². The maximum Gasteiger partial charge on any atom is 0.253 e. The summed E-state index contributed by atoms with van der Waals surface area (Å²) >= 11 is 0. The highest BCUT2D eigenvalue weighted by atomic mass is 16.2. The van der Waals surface area contributed by atoms with E-state index >= 15 is 0 Å². The Labute approximate surface area is 138 Å². The lowest BCUT2D eigenvalue weighted by Crippen LogP contribution is -2.51. The first-order chi connectivity index (χ1) is 10.9. The Bertz CT molecular complexity index is 568. The van der Waals surface area contributed by atoms with Gasteiger partial charge in [0.2, 0.25) is 5.91 Å². The minimum absolute atomic E-state index is 0.0104. The number of hydrogen-bond acceptors (Lipinski definition) is 3. The summed E-state index contributed by atoms with van der Waals surface area (Å²) in [5.74, 6) is 0.0209. The Balaban J connectivity index is 2.09. The zero-order valence-corrected chi connectivity index (χ0v) is 14.6. The van der Waals surface area contributed by atoms with Crippen molar-refractivity contribution in [2.75, 3.05) is 34.2 Å². The van der Waals surface area contributed by atoms with Gasteiger partial charge in [-0.25, -0.2) is 0 Å². The molecule has 0 unspecified atom stereocenters. The van der Waals surface area contributed by atoms with Crippen LogP contribution in [0.15, 0.2) is 24.3 Å². The van der Waals surface area contributed by atoms with Gasteiger partial charge in [0.15, 0.2) is 0 Å². The van der Waals surface area contributed by atoms with Gasteiger partial charge in [0.1, 0.15) is 0 Å². The fourth-order valence-corrected chi connectivity index (χ4v) is 3.20. The molecule has 126 valence electrons. The van der Waals surface area contributed by atoms with Crippen molar-refractivity contribution < 1.29 is 9.59 Å². The summed E-state index contributed by atoms with van der Waals surface area (Å²) < 4.78 is 0. The van der Waals surface area contributed by atoms with Crippen molar-refractivity contribution in [1.82, 2.24) is 15.1 Å². The van der Waals surface area contributed by atoms with Crippen molar-refractivity contribution in [2.24, 2.45) is 5.41 Å². The average Bonchev–Trinajstić information content (AvgIpc) is 2.53. The van der Waals surface area contributed by atoms with E-state index < -0.39 is 5.41 Å². The zero-order valence-electron chi connectivity index (χ0n) is 14.6. The number of amides is 2. The fraction of sp³-hybridized carbons (Fsp3) is 0.556. The van der Waals surface area contributed by atoms with Crippen LogP contribution in [-0.2, 0) is 11.3 Å². The predicted molar refractivity (Wildman–Crippen MR) is 91.1 cm³/mol. The van der Waals surface area contributed by atoms with E-state index in [1.54, 1.807) is 11.9 Å². The molecule has 1 saturated heterocycles. The number of likely N-dealkylation sites (tertiary alicyclic amines) is 1. The summed E-state index contributed by atoms with van der Waals surface area (Å²) in [5.41, 5.74) is 1.38. The molecule has 1 heterocycles. The van der Waals surface area contributed by atoms with E-state index in [1.165, 1.54) is 5.56 Å². The Morgan fingerprint density at radius 2 is 1.91 bits per heavy atom. The Kier molecular flexibility index (Phi) is 5.42. The van der Waals surface area contributed by atoms with Crippen molar-refractivity contribution >= 4 is 11.8 Å². The summed E-state index contributed by atoms with van der Waals surface area (Å²) in [6.07, 6.45) is 1.67. The lowest BCUT2D eigenvalue weighted by Gasteiger charge is -2.39. The van der Waals surface area contributed by atoms with Gasteiger partial charge >= 0.3 is 0 Å². The van der Waals surface area contributed by atoms with Gasteiger partial charge in [-0.15, -0.1) is 0 Å². The lowest BCUT2D eigenvalue weighted by atomic mass is 9.81. The molecule has 2 rings (SSSR count). The van der Waals surface area contributed by atoms with E-state index in [0.717, 1.165) is 19.4 Å². The second-order valence-corrected chi connectivity index (χ2v) is 6.90. The van der Waals surface area contributed by atoms with Crippen LogP contribution in [0.5, 0.6) is 0 Å². The standard InChI is InChI=1S/C18H27N3O2/c1-18(17(23)19-2)10-5-11-21(13-18)16(22)15-8-6-14(7-9-15)12-20(3)4/h6-9H,5,10-13H2,1-4H3,(H,19,23)/t18-/m1/s1. The van der Waals surface area contributed by atoms with Crippen LogP contribution in [0.4, 0.5) is 0 Å². The maximum absolute atomic E-state index is 12.7. The van der Waals surface area contributed by atoms with Gasteiger partial charge in [0.25, 0.3) is 5.91 Å². The number of piperidine rings is 1. The molecule has 0 spiro atoms. The molecule has 1 aromatic carbocycles. The van der Waals surface area contributed by atoms with Crippen molar-refractivity contribution in [2.45, 2.75) is 26.3 Å². The Morgan fingerprint density at radius 1 is 1.26 bits per heavy atom. The molecule has 0 aliphatic carbocycles. The molecule has 5 nitrogen and oxygen atoms in total. The number of nitrogens with zero attached hydrogens (tertiary/aromatic N) is 2. The fourth-order valence-electron chi connectivity index (χ4n) is 3.20. The molecule has 0 saturated carbocycles. The minimum atomic E-state index is -0.493. The number of nitrogens with one attached hydrogen (secondary N) is 1. The summed E-state index contributed by atoms with van der Waals surface area (Å²) in [5, 5.41) is 2.72. The summed E-state index contributed by atoms with van der Waals surface area (Å²) in [4.78, 5) is 28.7. The van der Waals surface area contributed by atoms with Crippen molar-refractivity contribution in [1.29, 1.82) is 0 Å². The second-order valence-electron chi connectivity index (χ2n) is 6.90. The topological polar surface area (TPSA) is 52.7 Å². The van der Waals surface area contributed by atoms with Crippen LogP contribution in [0.25, 0.3) is 0 Å². The third-order valence-electron chi connectivity index (χ3n) is 4.46. The molecule has 1 aromatic rings. The molecular weight excluding hydrogens is 290 g/mol. The number of hydrogen-bond donors (Lipinski definition) is 1. The zero-order chi connectivity index (χ0) is 17.0. The largest absolute Gasteiger partial charge is 0.359 e. The summed E-state index contributed by atoms with van der Waals surface area (Å²) in [7, 11) is 5.69. The number of carbonyl (C=O) groups is 2. The predicted octanol–water partition coefficient (Wildman–Crippen LogP) is 1.74. The van der Waals surface area contributed by atoms with Gasteiger partial charge in [-0.05, 0) is 51.6 Å². The van der Waals surface area contributed by atoms with E-state index in [1.807, 2.05) is 45.3 Å². The van der Waals surface area contributed by atoms with Crippen LogP contribution in [0, 0.1) is 5.41 Å². The number of rotatable bonds is 4. The van der Waals surface area contributed by atoms with Crippen LogP contribution in [0.1, 0.15) is 35.7 Å². The van der Waals surface area contributed by atoms with Crippen LogP contribution in [0.3, 0.4) is 0 Å². The molecule has 2 amide bonds. The third-order valence-corrected chi connectivity index (χ3v) is 4.46. The summed E-state index contributed by atoms with van der Waals surface area (Å²) in [6.45, 7) is 3.98. The van der Waals surface area contributed by atoms with Crippen molar-refractivity contribution in [3.05, 3.63) is 35.4 Å².